The SMILES string of the molecule is Cc1ccsc1CNCc1nc2c(C)c(C)ccc2[nH]1. The first kappa shape index (κ1) is 13.3. The second-order valence-corrected chi connectivity index (χ2v) is 6.22. The van der Waals surface area contributed by atoms with Gasteiger partial charge in [-0.15, -0.1) is 11.3 Å². The molecule has 3 aromatic rings. The highest BCUT2D eigenvalue weighted by molar-refractivity contribution is 7.10. The summed E-state index contributed by atoms with van der Waals surface area (Å²) in [5.41, 5.74) is 6.13. The summed E-state index contributed by atoms with van der Waals surface area (Å²) in [6.07, 6.45) is 0. The van der Waals surface area contributed by atoms with Crippen molar-refractivity contribution >= 4 is 22.4 Å². The molecule has 0 saturated heterocycles. The topological polar surface area (TPSA) is 40.7 Å². The summed E-state index contributed by atoms with van der Waals surface area (Å²) in [6.45, 7) is 8.08. The predicted molar refractivity (Wildman–Crippen MR) is 85.2 cm³/mol. The fourth-order valence-corrected chi connectivity index (χ4v) is 3.20. The Morgan fingerprint density at radius 1 is 1.10 bits per heavy atom. The quantitative estimate of drug-likeness (QED) is 0.764. The molecule has 0 aliphatic rings. The summed E-state index contributed by atoms with van der Waals surface area (Å²) in [6, 6.07) is 6.41. The standard InChI is InChI=1S/C16H19N3S/c1-10-4-5-13-16(12(10)3)19-15(18-13)9-17-8-14-11(2)6-7-20-14/h4-7,17H,8-9H2,1-3H3,(H,18,19). The lowest BCUT2D eigenvalue weighted by Crippen LogP contribution is -2.13. The van der Waals surface area contributed by atoms with Crippen molar-refractivity contribution in [3.63, 3.8) is 0 Å². The highest BCUT2D eigenvalue weighted by Gasteiger charge is 2.07. The van der Waals surface area contributed by atoms with Gasteiger partial charge in [0, 0.05) is 11.4 Å². The molecular weight excluding hydrogens is 266 g/mol. The molecule has 3 nitrogen and oxygen atoms in total. The fraction of sp³-hybridized carbons (Fsp3) is 0.312. The number of aryl methyl sites for hydroxylation is 3. The van der Waals surface area contributed by atoms with Gasteiger partial charge in [-0.25, -0.2) is 4.98 Å². The zero-order chi connectivity index (χ0) is 14.1. The summed E-state index contributed by atoms with van der Waals surface area (Å²) < 4.78 is 0. The van der Waals surface area contributed by atoms with Crippen molar-refractivity contribution < 1.29 is 0 Å². The summed E-state index contributed by atoms with van der Waals surface area (Å²) in [7, 11) is 0. The zero-order valence-electron chi connectivity index (χ0n) is 12.1. The van der Waals surface area contributed by atoms with Crippen LogP contribution >= 0.6 is 11.3 Å². The molecule has 0 aliphatic carbocycles. The molecule has 0 aliphatic heterocycles. The van der Waals surface area contributed by atoms with Gasteiger partial charge in [-0.2, -0.15) is 0 Å². The highest BCUT2D eigenvalue weighted by Crippen LogP contribution is 2.19. The second kappa shape index (κ2) is 5.38. The third-order valence-electron chi connectivity index (χ3n) is 3.77. The maximum atomic E-state index is 4.70. The van der Waals surface area contributed by atoms with Crippen LogP contribution in [0.1, 0.15) is 27.4 Å². The molecule has 2 aromatic heterocycles. The minimum Gasteiger partial charge on any atom is -0.341 e. The molecule has 0 saturated carbocycles. The van der Waals surface area contributed by atoms with Crippen molar-refractivity contribution in [3.05, 3.63) is 51.0 Å². The lowest BCUT2D eigenvalue weighted by Gasteiger charge is -2.01. The Morgan fingerprint density at radius 2 is 1.95 bits per heavy atom. The molecule has 1 aromatic carbocycles. The van der Waals surface area contributed by atoms with Crippen LogP contribution in [0.4, 0.5) is 0 Å². The summed E-state index contributed by atoms with van der Waals surface area (Å²) in [4.78, 5) is 9.48. The minimum atomic E-state index is 0.768. The molecule has 0 unspecified atom stereocenters. The lowest BCUT2D eigenvalue weighted by atomic mass is 10.1. The number of H-pyrrole nitrogens is 1. The minimum absolute atomic E-state index is 0.768. The number of nitrogens with zero attached hydrogens (tertiary/aromatic N) is 1. The van der Waals surface area contributed by atoms with Crippen LogP contribution in [0.3, 0.4) is 0 Å². The van der Waals surface area contributed by atoms with Crippen LogP contribution in [0.5, 0.6) is 0 Å². The number of imidazole rings is 1. The van der Waals surface area contributed by atoms with E-state index in [2.05, 4.69) is 54.7 Å². The molecule has 0 atom stereocenters. The molecule has 0 radical (unpaired) electrons. The first-order chi connectivity index (χ1) is 9.65. The van der Waals surface area contributed by atoms with Crippen LogP contribution in [0.15, 0.2) is 23.6 Å². The number of nitrogens with one attached hydrogen (secondary N) is 2. The van der Waals surface area contributed by atoms with Crippen molar-refractivity contribution in [1.29, 1.82) is 0 Å². The van der Waals surface area contributed by atoms with Crippen molar-refractivity contribution in [2.75, 3.05) is 0 Å². The monoisotopic (exact) mass is 285 g/mol. The van der Waals surface area contributed by atoms with Crippen LogP contribution in [0, 0.1) is 20.8 Å². The van der Waals surface area contributed by atoms with Crippen LogP contribution in [-0.4, -0.2) is 9.97 Å². The maximum absolute atomic E-state index is 4.70. The molecule has 104 valence electrons. The molecule has 4 heteroatoms. The van der Waals surface area contributed by atoms with Crippen molar-refractivity contribution in [2.24, 2.45) is 0 Å². The van der Waals surface area contributed by atoms with Gasteiger partial charge < -0.3 is 10.3 Å². The smallest absolute Gasteiger partial charge is 0.121 e. The Hall–Kier alpha value is -1.65. The van der Waals surface area contributed by atoms with E-state index in [0.717, 1.165) is 29.9 Å². The Kier molecular flexibility index (Phi) is 3.59. The third kappa shape index (κ3) is 2.49. The highest BCUT2D eigenvalue weighted by atomic mass is 32.1. The maximum Gasteiger partial charge on any atom is 0.121 e. The number of fused-ring (bicyclic) bond motifs is 1. The lowest BCUT2D eigenvalue weighted by molar-refractivity contribution is 0.675. The van der Waals surface area contributed by atoms with Crippen molar-refractivity contribution in [3.8, 4) is 0 Å². The van der Waals surface area contributed by atoms with E-state index in [0.29, 0.717) is 0 Å². The van der Waals surface area contributed by atoms with Gasteiger partial charge in [0.05, 0.1) is 17.6 Å². The van der Waals surface area contributed by atoms with Crippen molar-refractivity contribution in [1.82, 2.24) is 15.3 Å². The average molecular weight is 285 g/mol. The van der Waals surface area contributed by atoms with E-state index in [4.69, 9.17) is 4.98 Å². The van der Waals surface area contributed by atoms with Gasteiger partial charge in [0.1, 0.15) is 5.82 Å². The van der Waals surface area contributed by atoms with Gasteiger partial charge in [0.25, 0.3) is 0 Å². The first-order valence-corrected chi connectivity index (χ1v) is 7.71. The first-order valence-electron chi connectivity index (χ1n) is 6.83. The van der Waals surface area contributed by atoms with Crippen molar-refractivity contribution in [2.45, 2.75) is 33.9 Å². The zero-order valence-corrected chi connectivity index (χ0v) is 12.9. The molecule has 0 fully saturated rings. The van der Waals surface area contributed by atoms with E-state index in [1.54, 1.807) is 11.3 Å². The number of hydrogen-bond acceptors (Lipinski definition) is 3. The number of rotatable bonds is 4. The van der Waals surface area contributed by atoms with E-state index < -0.39 is 0 Å². The van der Waals surface area contributed by atoms with Gasteiger partial charge in [-0.1, -0.05) is 6.07 Å². The second-order valence-electron chi connectivity index (χ2n) is 5.22. The van der Waals surface area contributed by atoms with E-state index in [1.165, 1.54) is 21.6 Å². The number of thiophene rings is 1. The number of aromatic amines is 1. The van der Waals surface area contributed by atoms with Gasteiger partial charge in [-0.3, -0.25) is 0 Å². The van der Waals surface area contributed by atoms with E-state index >= 15 is 0 Å². The van der Waals surface area contributed by atoms with E-state index in [1.807, 2.05) is 0 Å². The molecule has 2 N–H and O–H groups in total. The molecule has 0 amide bonds. The normalized spacial score (nSPS) is 11.3. The summed E-state index contributed by atoms with van der Waals surface area (Å²) in [5, 5.41) is 5.60. The van der Waals surface area contributed by atoms with Gasteiger partial charge in [0.15, 0.2) is 0 Å². The molecule has 2 heterocycles. The van der Waals surface area contributed by atoms with Gasteiger partial charge >= 0.3 is 0 Å². The van der Waals surface area contributed by atoms with Gasteiger partial charge in [0.2, 0.25) is 0 Å². The number of benzene rings is 1. The number of hydrogen-bond donors (Lipinski definition) is 2. The fourth-order valence-electron chi connectivity index (χ4n) is 2.33. The Bertz CT molecular complexity index is 739. The molecular formula is C16H19N3S. The Balaban J connectivity index is 1.72. The largest absolute Gasteiger partial charge is 0.341 e. The number of aromatic nitrogens is 2. The molecule has 20 heavy (non-hydrogen) atoms. The van der Waals surface area contributed by atoms with Crippen LogP contribution in [-0.2, 0) is 13.1 Å². The predicted octanol–water partition coefficient (Wildman–Crippen LogP) is 3.84. The molecule has 3 rings (SSSR count). The van der Waals surface area contributed by atoms with Crippen LogP contribution < -0.4 is 5.32 Å². The Morgan fingerprint density at radius 3 is 2.70 bits per heavy atom. The molecule has 0 spiro atoms. The van der Waals surface area contributed by atoms with Gasteiger partial charge in [-0.05, 0) is 55.0 Å². The Labute approximate surface area is 123 Å². The van der Waals surface area contributed by atoms with E-state index in [9.17, 15) is 0 Å². The third-order valence-corrected chi connectivity index (χ3v) is 4.80. The molecule has 0 bridgehead atoms. The van der Waals surface area contributed by atoms with Crippen LogP contribution in [0.25, 0.3) is 11.0 Å². The summed E-state index contributed by atoms with van der Waals surface area (Å²) in [5.74, 6) is 1.00. The average Bonchev–Trinajstić information content (AvgIpc) is 3.02. The van der Waals surface area contributed by atoms with Crippen LogP contribution in [0.2, 0.25) is 0 Å². The summed E-state index contributed by atoms with van der Waals surface area (Å²) >= 11 is 1.80. The van der Waals surface area contributed by atoms with E-state index in [-0.39, 0.29) is 0 Å².